The quantitative estimate of drug-likeness (QED) is 0.527. The molecule has 0 aliphatic heterocycles. The molecule has 0 amide bonds. The number of para-hydroxylation sites is 2. The topological polar surface area (TPSA) is 22.0 Å². The standard InChI is InChI=1S/C21H15NO/c23-21-15-19(16-9-3-1-4-10-16)18-13-7-8-14-20(18)22(21)17-11-5-2-6-12-17/h1-15H. The van der Waals surface area contributed by atoms with Crippen molar-refractivity contribution in [3.8, 4) is 16.8 Å². The van der Waals surface area contributed by atoms with E-state index in [0.29, 0.717) is 0 Å². The molecule has 0 spiro atoms. The Balaban J connectivity index is 2.10. The van der Waals surface area contributed by atoms with Crippen LogP contribution in [0.15, 0.2) is 95.8 Å². The van der Waals surface area contributed by atoms with Crippen LogP contribution in [0, 0.1) is 0 Å². The fourth-order valence-electron chi connectivity index (χ4n) is 2.98. The number of hydrogen-bond donors (Lipinski definition) is 0. The lowest BCUT2D eigenvalue weighted by Crippen LogP contribution is -2.18. The fourth-order valence-corrected chi connectivity index (χ4v) is 2.98. The average molecular weight is 297 g/mol. The fraction of sp³-hybridized carbons (Fsp3) is 0. The Morgan fingerprint density at radius 1 is 0.652 bits per heavy atom. The average Bonchev–Trinajstić information content (AvgIpc) is 2.62. The van der Waals surface area contributed by atoms with Gasteiger partial charge in [0.25, 0.3) is 5.56 Å². The molecule has 2 heteroatoms. The summed E-state index contributed by atoms with van der Waals surface area (Å²) in [7, 11) is 0. The third-order valence-corrected chi connectivity index (χ3v) is 4.02. The molecule has 3 aromatic carbocycles. The normalized spacial score (nSPS) is 10.8. The molecular weight excluding hydrogens is 282 g/mol. The van der Waals surface area contributed by atoms with Gasteiger partial charge in [0.2, 0.25) is 0 Å². The van der Waals surface area contributed by atoms with Crippen molar-refractivity contribution < 1.29 is 0 Å². The van der Waals surface area contributed by atoms with E-state index in [2.05, 4.69) is 6.07 Å². The largest absolute Gasteiger partial charge is 0.277 e. The van der Waals surface area contributed by atoms with Gasteiger partial charge in [-0.25, -0.2) is 0 Å². The minimum absolute atomic E-state index is 0.0197. The molecule has 0 bridgehead atoms. The Labute approximate surface area is 134 Å². The van der Waals surface area contributed by atoms with Crippen molar-refractivity contribution in [1.82, 2.24) is 4.57 Å². The SMILES string of the molecule is O=c1cc(-c2ccccc2)c2ccccc2n1-c1ccccc1. The van der Waals surface area contributed by atoms with Gasteiger partial charge in [0.15, 0.2) is 0 Å². The van der Waals surface area contributed by atoms with E-state index in [1.54, 1.807) is 10.6 Å². The van der Waals surface area contributed by atoms with E-state index in [9.17, 15) is 4.79 Å². The molecule has 0 saturated carbocycles. The van der Waals surface area contributed by atoms with Gasteiger partial charge in [0.1, 0.15) is 0 Å². The van der Waals surface area contributed by atoms with Crippen LogP contribution in [0.5, 0.6) is 0 Å². The van der Waals surface area contributed by atoms with E-state index in [4.69, 9.17) is 0 Å². The van der Waals surface area contributed by atoms with E-state index < -0.39 is 0 Å². The number of fused-ring (bicyclic) bond motifs is 1. The predicted molar refractivity (Wildman–Crippen MR) is 95.0 cm³/mol. The Hall–Kier alpha value is -3.13. The first-order valence-corrected chi connectivity index (χ1v) is 7.60. The lowest BCUT2D eigenvalue weighted by Gasteiger charge is -2.13. The lowest BCUT2D eigenvalue weighted by atomic mass is 10.0. The van der Waals surface area contributed by atoms with Crippen molar-refractivity contribution in [2.75, 3.05) is 0 Å². The van der Waals surface area contributed by atoms with Crippen molar-refractivity contribution in [3.05, 3.63) is 101 Å². The molecule has 23 heavy (non-hydrogen) atoms. The van der Waals surface area contributed by atoms with Crippen LogP contribution in [0.2, 0.25) is 0 Å². The molecule has 0 unspecified atom stereocenters. The Morgan fingerprint density at radius 3 is 2.00 bits per heavy atom. The molecule has 1 aromatic heterocycles. The van der Waals surface area contributed by atoms with Gasteiger partial charge in [0.05, 0.1) is 5.52 Å². The summed E-state index contributed by atoms with van der Waals surface area (Å²) < 4.78 is 1.77. The summed E-state index contributed by atoms with van der Waals surface area (Å²) in [6, 6.07) is 29.6. The molecule has 0 saturated heterocycles. The number of benzene rings is 3. The predicted octanol–water partition coefficient (Wildman–Crippen LogP) is 4.66. The van der Waals surface area contributed by atoms with Crippen LogP contribution in [-0.2, 0) is 0 Å². The van der Waals surface area contributed by atoms with Crippen molar-refractivity contribution in [1.29, 1.82) is 0 Å². The number of aromatic nitrogens is 1. The van der Waals surface area contributed by atoms with Crippen LogP contribution in [-0.4, -0.2) is 4.57 Å². The zero-order valence-electron chi connectivity index (χ0n) is 12.5. The molecule has 2 nitrogen and oxygen atoms in total. The summed E-state index contributed by atoms with van der Waals surface area (Å²) in [6.07, 6.45) is 0. The second kappa shape index (κ2) is 5.58. The van der Waals surface area contributed by atoms with E-state index >= 15 is 0 Å². The van der Waals surface area contributed by atoms with Crippen LogP contribution >= 0.6 is 0 Å². The number of hydrogen-bond acceptors (Lipinski definition) is 1. The monoisotopic (exact) mass is 297 g/mol. The molecule has 0 aliphatic carbocycles. The molecule has 0 atom stereocenters. The van der Waals surface area contributed by atoms with E-state index in [1.807, 2.05) is 78.9 Å². The highest BCUT2D eigenvalue weighted by atomic mass is 16.1. The maximum Gasteiger partial charge on any atom is 0.256 e. The molecule has 0 N–H and O–H groups in total. The van der Waals surface area contributed by atoms with Gasteiger partial charge in [-0.05, 0) is 29.3 Å². The second-order valence-electron chi connectivity index (χ2n) is 5.45. The first kappa shape index (κ1) is 13.5. The van der Waals surface area contributed by atoms with Gasteiger partial charge in [-0.2, -0.15) is 0 Å². The molecule has 0 radical (unpaired) electrons. The lowest BCUT2D eigenvalue weighted by molar-refractivity contribution is 1.04. The summed E-state index contributed by atoms with van der Waals surface area (Å²) in [4.78, 5) is 12.8. The van der Waals surface area contributed by atoms with Gasteiger partial charge < -0.3 is 0 Å². The Bertz CT molecular complexity index is 1020. The van der Waals surface area contributed by atoms with Gasteiger partial charge in [0, 0.05) is 17.1 Å². The van der Waals surface area contributed by atoms with E-state index in [-0.39, 0.29) is 5.56 Å². The third kappa shape index (κ3) is 2.34. The van der Waals surface area contributed by atoms with Crippen LogP contribution in [0.1, 0.15) is 0 Å². The molecule has 4 rings (SSSR count). The summed E-state index contributed by atoms with van der Waals surface area (Å²) in [6.45, 7) is 0. The van der Waals surface area contributed by atoms with Gasteiger partial charge in [-0.15, -0.1) is 0 Å². The minimum atomic E-state index is -0.0197. The maximum absolute atomic E-state index is 12.8. The first-order valence-electron chi connectivity index (χ1n) is 7.60. The highest BCUT2D eigenvalue weighted by Gasteiger charge is 2.10. The molecule has 0 aliphatic rings. The third-order valence-electron chi connectivity index (χ3n) is 4.02. The van der Waals surface area contributed by atoms with Crippen molar-refractivity contribution in [3.63, 3.8) is 0 Å². The van der Waals surface area contributed by atoms with Gasteiger partial charge in [-0.3, -0.25) is 9.36 Å². The van der Waals surface area contributed by atoms with E-state index in [1.165, 1.54) is 0 Å². The summed E-state index contributed by atoms with van der Waals surface area (Å²) >= 11 is 0. The van der Waals surface area contributed by atoms with Crippen molar-refractivity contribution >= 4 is 10.9 Å². The van der Waals surface area contributed by atoms with Crippen LogP contribution in [0.3, 0.4) is 0 Å². The summed E-state index contributed by atoms with van der Waals surface area (Å²) in [5.74, 6) is 0. The number of pyridine rings is 1. The summed E-state index contributed by atoms with van der Waals surface area (Å²) in [5.41, 5.74) is 3.81. The zero-order chi connectivity index (χ0) is 15.6. The second-order valence-corrected chi connectivity index (χ2v) is 5.45. The number of rotatable bonds is 2. The van der Waals surface area contributed by atoms with E-state index in [0.717, 1.165) is 27.7 Å². The highest BCUT2D eigenvalue weighted by Crippen LogP contribution is 2.28. The minimum Gasteiger partial charge on any atom is -0.277 e. The van der Waals surface area contributed by atoms with Gasteiger partial charge >= 0.3 is 0 Å². The Kier molecular flexibility index (Phi) is 3.28. The molecular formula is C21H15NO. The molecule has 4 aromatic rings. The smallest absolute Gasteiger partial charge is 0.256 e. The molecule has 0 fully saturated rings. The molecule has 110 valence electrons. The Morgan fingerprint density at radius 2 is 1.26 bits per heavy atom. The van der Waals surface area contributed by atoms with Gasteiger partial charge in [-0.1, -0.05) is 66.7 Å². The highest BCUT2D eigenvalue weighted by molar-refractivity contribution is 5.95. The summed E-state index contributed by atoms with van der Waals surface area (Å²) in [5, 5.41) is 1.07. The number of nitrogens with zero attached hydrogens (tertiary/aromatic N) is 1. The van der Waals surface area contributed by atoms with Crippen LogP contribution in [0.25, 0.3) is 27.7 Å². The van der Waals surface area contributed by atoms with Crippen LogP contribution < -0.4 is 5.56 Å². The van der Waals surface area contributed by atoms with Crippen molar-refractivity contribution in [2.24, 2.45) is 0 Å². The zero-order valence-corrected chi connectivity index (χ0v) is 12.5. The maximum atomic E-state index is 12.8. The first-order chi connectivity index (χ1) is 11.3. The van der Waals surface area contributed by atoms with Crippen molar-refractivity contribution in [2.45, 2.75) is 0 Å². The van der Waals surface area contributed by atoms with Crippen LogP contribution in [0.4, 0.5) is 0 Å². The molecule has 1 heterocycles.